The predicted molar refractivity (Wildman–Crippen MR) is 83.3 cm³/mol. The summed E-state index contributed by atoms with van der Waals surface area (Å²) in [7, 11) is 0. The standard InChI is InChI=1S/C13H12BrClN4O/c1-2-17-12-7-16-6-11(18-12)13(20)19-10-5-8(15)3-4-9(10)14/h3-7H,2H2,1H3,(H,17,18)(H,19,20). The molecule has 1 aromatic carbocycles. The van der Waals surface area contributed by atoms with Crippen LogP contribution in [-0.2, 0) is 0 Å². The molecular formula is C13H12BrClN4O. The number of carbonyl (C=O) groups is 1. The van der Waals surface area contributed by atoms with Gasteiger partial charge in [-0.25, -0.2) is 4.98 Å². The van der Waals surface area contributed by atoms with E-state index >= 15 is 0 Å². The molecule has 2 N–H and O–H groups in total. The maximum absolute atomic E-state index is 12.1. The summed E-state index contributed by atoms with van der Waals surface area (Å²) in [5, 5.41) is 6.28. The molecule has 0 unspecified atom stereocenters. The molecule has 5 nitrogen and oxygen atoms in total. The van der Waals surface area contributed by atoms with Crippen molar-refractivity contribution >= 4 is 44.9 Å². The lowest BCUT2D eigenvalue weighted by atomic mass is 10.3. The molecule has 7 heteroatoms. The molecule has 0 bridgehead atoms. The number of nitrogens with zero attached hydrogens (tertiary/aromatic N) is 2. The fourth-order valence-electron chi connectivity index (χ4n) is 1.52. The summed E-state index contributed by atoms with van der Waals surface area (Å²) in [6, 6.07) is 5.15. The van der Waals surface area contributed by atoms with Crippen molar-refractivity contribution in [1.82, 2.24) is 9.97 Å². The monoisotopic (exact) mass is 354 g/mol. The number of hydrogen-bond acceptors (Lipinski definition) is 4. The second-order valence-corrected chi connectivity index (χ2v) is 5.19. The third-order valence-corrected chi connectivity index (χ3v) is 3.33. The molecule has 0 atom stereocenters. The summed E-state index contributed by atoms with van der Waals surface area (Å²) in [6.45, 7) is 2.65. The Bertz CT molecular complexity index is 636. The van der Waals surface area contributed by atoms with E-state index in [2.05, 4.69) is 36.5 Å². The highest BCUT2D eigenvalue weighted by Gasteiger charge is 2.11. The van der Waals surface area contributed by atoms with Gasteiger partial charge in [0.05, 0.1) is 18.1 Å². The maximum atomic E-state index is 12.1. The highest BCUT2D eigenvalue weighted by molar-refractivity contribution is 9.10. The zero-order chi connectivity index (χ0) is 14.5. The number of benzene rings is 1. The average molecular weight is 356 g/mol. The van der Waals surface area contributed by atoms with Gasteiger partial charge < -0.3 is 10.6 Å². The van der Waals surface area contributed by atoms with Crippen molar-refractivity contribution in [2.75, 3.05) is 17.2 Å². The van der Waals surface area contributed by atoms with Crippen LogP contribution < -0.4 is 10.6 Å². The molecule has 0 aliphatic rings. The summed E-state index contributed by atoms with van der Waals surface area (Å²) in [5.74, 6) is 0.213. The number of nitrogens with one attached hydrogen (secondary N) is 2. The normalized spacial score (nSPS) is 10.2. The van der Waals surface area contributed by atoms with Crippen LogP contribution >= 0.6 is 27.5 Å². The molecule has 0 radical (unpaired) electrons. The lowest BCUT2D eigenvalue weighted by Crippen LogP contribution is -2.15. The first-order valence-electron chi connectivity index (χ1n) is 5.92. The SMILES string of the molecule is CCNc1cncc(C(=O)Nc2cc(Cl)ccc2Br)n1. The average Bonchev–Trinajstić information content (AvgIpc) is 2.43. The van der Waals surface area contributed by atoms with Gasteiger partial charge in [0, 0.05) is 16.0 Å². The van der Waals surface area contributed by atoms with E-state index in [1.54, 1.807) is 24.4 Å². The highest BCUT2D eigenvalue weighted by atomic mass is 79.9. The van der Waals surface area contributed by atoms with Crippen molar-refractivity contribution < 1.29 is 4.79 Å². The smallest absolute Gasteiger partial charge is 0.275 e. The topological polar surface area (TPSA) is 66.9 Å². The molecule has 2 aromatic rings. The fraction of sp³-hybridized carbons (Fsp3) is 0.154. The molecule has 0 fully saturated rings. The van der Waals surface area contributed by atoms with Gasteiger partial charge in [-0.3, -0.25) is 9.78 Å². The van der Waals surface area contributed by atoms with Crippen LogP contribution in [0.2, 0.25) is 5.02 Å². The summed E-state index contributed by atoms with van der Waals surface area (Å²) in [4.78, 5) is 20.3. The molecule has 2 rings (SSSR count). The largest absolute Gasteiger partial charge is 0.369 e. The van der Waals surface area contributed by atoms with Crippen LogP contribution in [0.1, 0.15) is 17.4 Å². The van der Waals surface area contributed by atoms with Crippen LogP contribution in [0, 0.1) is 0 Å². The van der Waals surface area contributed by atoms with Gasteiger partial charge in [-0.05, 0) is 41.1 Å². The van der Waals surface area contributed by atoms with Crippen molar-refractivity contribution in [3.63, 3.8) is 0 Å². The van der Waals surface area contributed by atoms with E-state index in [0.29, 0.717) is 23.1 Å². The Morgan fingerprint density at radius 3 is 2.95 bits per heavy atom. The summed E-state index contributed by atoms with van der Waals surface area (Å²) >= 11 is 9.25. The number of rotatable bonds is 4. The third kappa shape index (κ3) is 3.68. The van der Waals surface area contributed by atoms with Gasteiger partial charge in [-0.2, -0.15) is 0 Å². The number of carbonyl (C=O) groups excluding carboxylic acids is 1. The molecule has 0 saturated heterocycles. The lowest BCUT2D eigenvalue weighted by molar-refractivity contribution is 0.102. The minimum atomic E-state index is -0.347. The zero-order valence-corrected chi connectivity index (χ0v) is 13.0. The molecule has 0 aliphatic carbocycles. The van der Waals surface area contributed by atoms with E-state index in [-0.39, 0.29) is 11.6 Å². The Morgan fingerprint density at radius 2 is 2.20 bits per heavy atom. The summed E-state index contributed by atoms with van der Waals surface area (Å²) in [5.41, 5.74) is 0.813. The maximum Gasteiger partial charge on any atom is 0.275 e. The third-order valence-electron chi connectivity index (χ3n) is 2.40. The molecular weight excluding hydrogens is 344 g/mol. The Hall–Kier alpha value is -1.66. The molecule has 0 saturated carbocycles. The van der Waals surface area contributed by atoms with Gasteiger partial charge >= 0.3 is 0 Å². The zero-order valence-electron chi connectivity index (χ0n) is 10.7. The van der Waals surface area contributed by atoms with Gasteiger partial charge in [0.25, 0.3) is 5.91 Å². The van der Waals surface area contributed by atoms with Crippen molar-refractivity contribution in [1.29, 1.82) is 0 Å². The summed E-state index contributed by atoms with van der Waals surface area (Å²) in [6.07, 6.45) is 2.98. The molecule has 0 spiro atoms. The minimum Gasteiger partial charge on any atom is -0.369 e. The van der Waals surface area contributed by atoms with Crippen molar-refractivity contribution in [2.24, 2.45) is 0 Å². The molecule has 1 amide bonds. The second-order valence-electron chi connectivity index (χ2n) is 3.90. The highest BCUT2D eigenvalue weighted by Crippen LogP contribution is 2.26. The molecule has 1 aromatic heterocycles. The Labute approximate surface area is 129 Å². The molecule has 0 aliphatic heterocycles. The van der Waals surface area contributed by atoms with Crippen LogP contribution in [0.4, 0.5) is 11.5 Å². The van der Waals surface area contributed by atoms with Crippen molar-refractivity contribution in [3.05, 3.63) is 45.8 Å². The van der Waals surface area contributed by atoms with Gasteiger partial charge in [0.1, 0.15) is 11.5 Å². The van der Waals surface area contributed by atoms with E-state index in [4.69, 9.17) is 11.6 Å². The number of halogens is 2. The number of aromatic nitrogens is 2. The van der Waals surface area contributed by atoms with Crippen LogP contribution in [0.3, 0.4) is 0 Å². The molecule has 20 heavy (non-hydrogen) atoms. The summed E-state index contributed by atoms with van der Waals surface area (Å²) < 4.78 is 0.742. The molecule has 1 heterocycles. The van der Waals surface area contributed by atoms with E-state index < -0.39 is 0 Å². The fourth-order valence-corrected chi connectivity index (χ4v) is 2.04. The first kappa shape index (κ1) is 14.7. The number of anilines is 2. The Kier molecular flexibility index (Phi) is 4.92. The van der Waals surface area contributed by atoms with Crippen molar-refractivity contribution in [2.45, 2.75) is 6.92 Å². The van der Waals surface area contributed by atoms with Gasteiger partial charge in [-0.1, -0.05) is 11.6 Å². The van der Waals surface area contributed by atoms with Gasteiger partial charge in [0.2, 0.25) is 0 Å². The van der Waals surface area contributed by atoms with E-state index in [1.807, 2.05) is 6.92 Å². The lowest BCUT2D eigenvalue weighted by Gasteiger charge is -2.08. The number of amides is 1. The van der Waals surface area contributed by atoms with E-state index in [0.717, 1.165) is 4.47 Å². The quantitative estimate of drug-likeness (QED) is 0.880. The van der Waals surface area contributed by atoms with Gasteiger partial charge in [0.15, 0.2) is 0 Å². The minimum absolute atomic E-state index is 0.232. The van der Waals surface area contributed by atoms with E-state index in [1.165, 1.54) is 6.20 Å². The van der Waals surface area contributed by atoms with Crippen LogP contribution in [0.25, 0.3) is 0 Å². The van der Waals surface area contributed by atoms with E-state index in [9.17, 15) is 4.79 Å². The first-order chi connectivity index (χ1) is 9.60. The van der Waals surface area contributed by atoms with Crippen LogP contribution in [0.15, 0.2) is 35.1 Å². The second kappa shape index (κ2) is 6.67. The van der Waals surface area contributed by atoms with Gasteiger partial charge in [-0.15, -0.1) is 0 Å². The Balaban J connectivity index is 2.19. The first-order valence-corrected chi connectivity index (χ1v) is 7.09. The Morgan fingerprint density at radius 1 is 1.40 bits per heavy atom. The van der Waals surface area contributed by atoms with Crippen LogP contribution in [-0.4, -0.2) is 22.4 Å². The van der Waals surface area contributed by atoms with Crippen molar-refractivity contribution in [3.8, 4) is 0 Å². The predicted octanol–water partition coefficient (Wildman–Crippen LogP) is 3.58. The number of hydrogen-bond donors (Lipinski definition) is 2. The van der Waals surface area contributed by atoms with Crippen LogP contribution in [0.5, 0.6) is 0 Å². The molecule has 104 valence electrons.